The molecule has 1 N–H and O–H groups in total. The highest BCUT2D eigenvalue weighted by Gasteiger charge is 2.19. The minimum atomic E-state index is -0.570. The van der Waals surface area contributed by atoms with Gasteiger partial charge in [-0.1, -0.05) is 18.1 Å². The Kier molecular flexibility index (Phi) is 4.92. The van der Waals surface area contributed by atoms with Gasteiger partial charge in [-0.2, -0.15) is 0 Å². The topological polar surface area (TPSA) is 26.7 Å². The predicted octanol–water partition coefficient (Wildman–Crippen LogP) is 1.11. The second-order valence-corrected chi connectivity index (χ2v) is 4.85. The van der Waals surface area contributed by atoms with Crippen molar-refractivity contribution in [1.29, 1.82) is 0 Å². The molecule has 1 aromatic carbocycles. The summed E-state index contributed by atoms with van der Waals surface area (Å²) in [7, 11) is 0. The average Bonchev–Trinajstić information content (AvgIpc) is 2.42. The SMILES string of the molecule is C#CCN1CCN(CC(O)c2ccc(F)cc2)CC1. The molecule has 1 aliphatic heterocycles. The van der Waals surface area contributed by atoms with Crippen LogP contribution in [0.3, 0.4) is 0 Å². The first-order valence-electron chi connectivity index (χ1n) is 6.51. The zero-order valence-electron chi connectivity index (χ0n) is 10.9. The van der Waals surface area contributed by atoms with Gasteiger partial charge >= 0.3 is 0 Å². The number of aliphatic hydroxyl groups excluding tert-OH is 1. The summed E-state index contributed by atoms with van der Waals surface area (Å²) in [5.74, 6) is 2.37. The molecule has 0 bridgehead atoms. The standard InChI is InChI=1S/C15H19FN2O/c1-2-7-17-8-10-18(11-9-17)12-15(19)13-3-5-14(16)6-4-13/h1,3-6,15,19H,7-12H2. The van der Waals surface area contributed by atoms with Gasteiger partial charge in [0.2, 0.25) is 0 Å². The fraction of sp³-hybridized carbons (Fsp3) is 0.467. The van der Waals surface area contributed by atoms with Crippen molar-refractivity contribution in [3.8, 4) is 12.3 Å². The van der Waals surface area contributed by atoms with Crippen molar-refractivity contribution >= 4 is 0 Å². The van der Waals surface area contributed by atoms with Crippen LogP contribution >= 0.6 is 0 Å². The van der Waals surface area contributed by atoms with E-state index in [1.54, 1.807) is 12.1 Å². The maximum absolute atomic E-state index is 12.8. The van der Waals surface area contributed by atoms with Gasteiger partial charge in [-0.3, -0.25) is 9.80 Å². The minimum Gasteiger partial charge on any atom is -0.387 e. The number of rotatable bonds is 4. The van der Waals surface area contributed by atoms with Crippen molar-refractivity contribution in [2.45, 2.75) is 6.10 Å². The normalized spacial score (nSPS) is 19.0. The second kappa shape index (κ2) is 6.67. The van der Waals surface area contributed by atoms with Crippen LogP contribution in [0.4, 0.5) is 4.39 Å². The molecule has 2 rings (SSSR count). The van der Waals surface area contributed by atoms with Gasteiger partial charge in [0.1, 0.15) is 5.82 Å². The molecule has 19 heavy (non-hydrogen) atoms. The zero-order valence-corrected chi connectivity index (χ0v) is 10.9. The van der Waals surface area contributed by atoms with Crippen molar-refractivity contribution in [3.05, 3.63) is 35.6 Å². The van der Waals surface area contributed by atoms with Crippen molar-refractivity contribution in [3.63, 3.8) is 0 Å². The number of halogens is 1. The Morgan fingerprint density at radius 3 is 2.32 bits per heavy atom. The maximum Gasteiger partial charge on any atom is 0.123 e. The predicted molar refractivity (Wildman–Crippen MR) is 73.1 cm³/mol. The lowest BCUT2D eigenvalue weighted by Crippen LogP contribution is -2.47. The van der Waals surface area contributed by atoms with E-state index in [-0.39, 0.29) is 5.82 Å². The molecule has 0 aromatic heterocycles. The molecule has 1 heterocycles. The third-order valence-electron chi connectivity index (χ3n) is 3.47. The smallest absolute Gasteiger partial charge is 0.123 e. The van der Waals surface area contributed by atoms with E-state index < -0.39 is 6.10 Å². The highest BCUT2D eigenvalue weighted by Crippen LogP contribution is 2.15. The largest absolute Gasteiger partial charge is 0.387 e. The third-order valence-corrected chi connectivity index (χ3v) is 3.47. The minimum absolute atomic E-state index is 0.279. The number of benzene rings is 1. The van der Waals surface area contributed by atoms with Crippen LogP contribution in [0, 0.1) is 18.2 Å². The fourth-order valence-corrected chi connectivity index (χ4v) is 2.29. The van der Waals surface area contributed by atoms with Crippen LogP contribution in [0.15, 0.2) is 24.3 Å². The molecule has 0 spiro atoms. The number of terminal acetylenes is 1. The molecular weight excluding hydrogens is 243 g/mol. The van der Waals surface area contributed by atoms with Gasteiger partial charge in [0.15, 0.2) is 0 Å². The molecule has 102 valence electrons. The van der Waals surface area contributed by atoms with Crippen LogP contribution in [-0.2, 0) is 0 Å². The Hall–Kier alpha value is -1.41. The highest BCUT2D eigenvalue weighted by atomic mass is 19.1. The lowest BCUT2D eigenvalue weighted by Gasteiger charge is -2.34. The summed E-state index contributed by atoms with van der Waals surface area (Å²) in [5, 5.41) is 10.1. The summed E-state index contributed by atoms with van der Waals surface area (Å²) in [6.07, 6.45) is 4.72. The Balaban J connectivity index is 1.82. The average molecular weight is 262 g/mol. The van der Waals surface area contributed by atoms with E-state index in [4.69, 9.17) is 6.42 Å². The Morgan fingerprint density at radius 1 is 1.16 bits per heavy atom. The highest BCUT2D eigenvalue weighted by molar-refractivity contribution is 5.18. The molecule has 0 aliphatic carbocycles. The van der Waals surface area contributed by atoms with Gasteiger partial charge in [0.05, 0.1) is 12.6 Å². The molecule has 1 saturated heterocycles. The first kappa shape index (κ1) is 14.0. The number of nitrogens with zero attached hydrogens (tertiary/aromatic N) is 2. The number of piperazine rings is 1. The summed E-state index contributed by atoms with van der Waals surface area (Å²) >= 11 is 0. The van der Waals surface area contributed by atoms with E-state index in [0.717, 1.165) is 31.7 Å². The van der Waals surface area contributed by atoms with E-state index in [2.05, 4.69) is 15.7 Å². The first-order chi connectivity index (χ1) is 9.19. The maximum atomic E-state index is 12.8. The monoisotopic (exact) mass is 262 g/mol. The second-order valence-electron chi connectivity index (χ2n) is 4.85. The van der Waals surface area contributed by atoms with E-state index in [1.807, 2.05) is 0 Å². The van der Waals surface area contributed by atoms with Gasteiger partial charge in [0, 0.05) is 32.7 Å². The van der Waals surface area contributed by atoms with E-state index in [1.165, 1.54) is 12.1 Å². The Bertz CT molecular complexity index is 432. The van der Waals surface area contributed by atoms with Gasteiger partial charge in [-0.05, 0) is 17.7 Å². The number of β-amino-alcohol motifs (C(OH)–C–C–N with tert-alkyl or cyclic N) is 1. The van der Waals surface area contributed by atoms with Gasteiger partial charge in [0.25, 0.3) is 0 Å². The zero-order chi connectivity index (χ0) is 13.7. The molecule has 0 amide bonds. The molecule has 1 fully saturated rings. The summed E-state index contributed by atoms with van der Waals surface area (Å²) in [4.78, 5) is 4.43. The molecule has 1 aromatic rings. The molecular formula is C15H19FN2O. The third kappa shape index (κ3) is 4.03. The molecule has 3 nitrogen and oxygen atoms in total. The quantitative estimate of drug-likeness (QED) is 0.824. The fourth-order valence-electron chi connectivity index (χ4n) is 2.29. The number of aliphatic hydroxyl groups is 1. The molecule has 4 heteroatoms. The molecule has 1 unspecified atom stereocenters. The van der Waals surface area contributed by atoms with E-state index in [9.17, 15) is 9.50 Å². The van der Waals surface area contributed by atoms with Crippen LogP contribution in [-0.4, -0.2) is 54.2 Å². The van der Waals surface area contributed by atoms with E-state index in [0.29, 0.717) is 13.1 Å². The Labute approximate surface area is 113 Å². The van der Waals surface area contributed by atoms with Crippen LogP contribution in [0.5, 0.6) is 0 Å². The number of hydrogen-bond acceptors (Lipinski definition) is 3. The van der Waals surface area contributed by atoms with Crippen LogP contribution < -0.4 is 0 Å². The molecule has 1 atom stereocenters. The van der Waals surface area contributed by atoms with Crippen molar-refractivity contribution < 1.29 is 9.50 Å². The first-order valence-corrected chi connectivity index (χ1v) is 6.51. The van der Waals surface area contributed by atoms with Crippen molar-refractivity contribution in [2.24, 2.45) is 0 Å². The summed E-state index contributed by atoms with van der Waals surface area (Å²) < 4.78 is 12.8. The molecule has 0 saturated carbocycles. The molecule has 0 radical (unpaired) electrons. The number of hydrogen-bond donors (Lipinski definition) is 1. The van der Waals surface area contributed by atoms with Crippen molar-refractivity contribution in [2.75, 3.05) is 39.3 Å². The lowest BCUT2D eigenvalue weighted by molar-refractivity contribution is 0.0769. The van der Waals surface area contributed by atoms with Crippen LogP contribution in [0.1, 0.15) is 11.7 Å². The Morgan fingerprint density at radius 2 is 1.74 bits per heavy atom. The van der Waals surface area contributed by atoms with Gasteiger partial charge in [-0.15, -0.1) is 6.42 Å². The van der Waals surface area contributed by atoms with E-state index >= 15 is 0 Å². The summed E-state index contributed by atoms with van der Waals surface area (Å²) in [5.41, 5.74) is 0.757. The van der Waals surface area contributed by atoms with Gasteiger partial charge in [-0.25, -0.2) is 4.39 Å². The van der Waals surface area contributed by atoms with Crippen LogP contribution in [0.2, 0.25) is 0 Å². The summed E-state index contributed by atoms with van der Waals surface area (Å²) in [6, 6.07) is 6.02. The van der Waals surface area contributed by atoms with Crippen molar-refractivity contribution in [1.82, 2.24) is 9.80 Å². The van der Waals surface area contributed by atoms with Gasteiger partial charge < -0.3 is 5.11 Å². The summed E-state index contributed by atoms with van der Waals surface area (Å²) in [6.45, 7) is 4.93. The lowest BCUT2D eigenvalue weighted by atomic mass is 10.1. The molecule has 1 aliphatic rings. The van der Waals surface area contributed by atoms with Crippen LogP contribution in [0.25, 0.3) is 0 Å².